The van der Waals surface area contributed by atoms with Crippen LogP contribution in [-0.4, -0.2) is 307 Å². The van der Waals surface area contributed by atoms with Gasteiger partial charge >= 0.3 is 83.7 Å². The molecule has 12 N–H and O–H groups in total. The molecule has 12 amide bonds. The third-order valence-electron chi connectivity index (χ3n) is 20.3. The van der Waals surface area contributed by atoms with Gasteiger partial charge < -0.3 is 130 Å². The molecule has 0 aliphatic rings. The predicted octanol–water partition coefficient (Wildman–Crippen LogP) is 0.297. The van der Waals surface area contributed by atoms with Gasteiger partial charge in [-0.3, -0.25) is 110 Å². The Morgan fingerprint density at radius 3 is 0.448 bits per heavy atom. The number of rotatable bonds is 75. The molecular weight excluding hydrogens is 1920 g/mol. The normalized spacial score (nSPS) is 13.2. The van der Waals surface area contributed by atoms with Crippen LogP contribution in [-0.2, 0) is 188 Å². The molecule has 1 aromatic rings. The van der Waals surface area contributed by atoms with Gasteiger partial charge in [-0.2, -0.15) is 0 Å². The summed E-state index contributed by atoms with van der Waals surface area (Å²) in [7, 11) is 0. The molecule has 12 atom stereocenters. The zero-order valence-electron chi connectivity index (χ0n) is 84.6. The van der Waals surface area contributed by atoms with E-state index in [2.05, 4.69) is 63.8 Å². The molecule has 814 valence electrons. The topological polar surface area (TPSA) is 700 Å². The third-order valence-corrected chi connectivity index (χ3v) is 20.3. The van der Waals surface area contributed by atoms with Crippen LogP contribution in [0.2, 0.25) is 0 Å². The van der Waals surface area contributed by atoms with Crippen molar-refractivity contribution in [3.05, 3.63) is 35.9 Å². The lowest BCUT2D eigenvalue weighted by atomic mass is 10.0. The number of benzene rings is 1. The van der Waals surface area contributed by atoms with Gasteiger partial charge in [0.15, 0.2) is 0 Å². The average molecular weight is 2070 g/mol. The second-order valence-electron chi connectivity index (χ2n) is 31.3. The van der Waals surface area contributed by atoms with Crippen molar-refractivity contribution in [1.82, 2.24) is 63.8 Å². The number of amides is 12. The molecule has 0 fully saturated rings. The van der Waals surface area contributed by atoms with E-state index in [1.807, 2.05) is 0 Å². The smallest absolute Gasteiger partial charge is 0.408 e. The van der Waals surface area contributed by atoms with Crippen LogP contribution >= 0.6 is 0 Å². The molecule has 0 spiro atoms. The molecule has 1 rings (SSSR count). The van der Waals surface area contributed by atoms with Crippen molar-refractivity contribution in [3.8, 4) is 0 Å². The highest BCUT2D eigenvalue weighted by molar-refractivity contribution is 6.01. The molecule has 0 bridgehead atoms. The average Bonchev–Trinajstić information content (AvgIpc) is 0.851. The number of carbonyl (C=O) groups excluding carboxylic acids is 25. The van der Waals surface area contributed by atoms with Crippen LogP contribution in [0.5, 0.6) is 0 Å². The van der Waals surface area contributed by atoms with Gasteiger partial charge in [-0.25, -0.2) is 9.59 Å². The highest BCUT2D eigenvalue weighted by Crippen LogP contribution is 2.18. The summed E-state index contributed by atoms with van der Waals surface area (Å²) in [6, 6.07) is -14.6. The van der Waals surface area contributed by atoms with Gasteiger partial charge in [0.05, 0.1) is 85.9 Å². The quantitative estimate of drug-likeness (QED) is 0.0308. The lowest BCUT2D eigenvalue weighted by Crippen LogP contribution is -2.61. The maximum absolute atomic E-state index is 15.2. The molecule has 145 heavy (non-hydrogen) atoms. The Morgan fingerprint density at radius 2 is 0.303 bits per heavy atom. The molecule has 0 saturated heterocycles. The Morgan fingerprint density at radius 1 is 0.172 bits per heavy atom. The fourth-order valence-corrected chi connectivity index (χ4v) is 13.3. The Bertz CT molecular complexity index is 4260. The van der Waals surface area contributed by atoms with E-state index in [4.69, 9.17) is 66.3 Å². The first-order chi connectivity index (χ1) is 69.2. The number of hydrogen-bond acceptors (Lipinski definition) is 39. The van der Waals surface area contributed by atoms with Gasteiger partial charge in [-0.15, -0.1) is 0 Å². The summed E-state index contributed by atoms with van der Waals surface area (Å²) in [5.74, 6) is -26.3. The van der Waals surface area contributed by atoms with Crippen molar-refractivity contribution in [2.24, 2.45) is 0 Å². The van der Waals surface area contributed by atoms with Crippen molar-refractivity contribution in [2.75, 3.05) is 85.9 Å². The van der Waals surface area contributed by atoms with Gasteiger partial charge in [-0.1, -0.05) is 30.3 Å². The second-order valence-corrected chi connectivity index (χ2v) is 31.3. The summed E-state index contributed by atoms with van der Waals surface area (Å²) in [5, 5.41) is 28.6. The van der Waals surface area contributed by atoms with Crippen molar-refractivity contribution in [1.29, 1.82) is 0 Å². The van der Waals surface area contributed by atoms with Gasteiger partial charge in [0.1, 0.15) is 79.1 Å². The number of hydrogen-bond donors (Lipinski definition) is 12. The van der Waals surface area contributed by atoms with Crippen molar-refractivity contribution >= 4 is 149 Å². The first-order valence-corrected chi connectivity index (χ1v) is 48.5. The molecule has 0 saturated carbocycles. The lowest BCUT2D eigenvalue weighted by molar-refractivity contribution is -0.150. The lowest BCUT2D eigenvalue weighted by Gasteiger charge is -2.28. The summed E-state index contributed by atoms with van der Waals surface area (Å²) in [6.45, 7) is 16.5. The van der Waals surface area contributed by atoms with Gasteiger partial charge in [0, 0.05) is 77.0 Å². The van der Waals surface area contributed by atoms with Crippen molar-refractivity contribution in [3.63, 3.8) is 0 Å². The molecule has 0 heterocycles. The van der Waals surface area contributed by atoms with E-state index in [9.17, 15) is 95.9 Å². The van der Waals surface area contributed by atoms with Gasteiger partial charge in [-0.05, 0) is 173 Å². The maximum Gasteiger partial charge on any atom is 0.408 e. The van der Waals surface area contributed by atoms with Crippen LogP contribution in [0.3, 0.4) is 0 Å². The molecule has 51 nitrogen and oxygen atoms in total. The van der Waals surface area contributed by atoms with Crippen LogP contribution < -0.4 is 63.8 Å². The van der Waals surface area contributed by atoms with Crippen LogP contribution in [0.15, 0.2) is 30.3 Å². The highest BCUT2D eigenvalue weighted by atomic mass is 16.6. The summed E-state index contributed by atoms with van der Waals surface area (Å²) >= 11 is 0. The highest BCUT2D eigenvalue weighted by Gasteiger charge is 2.40. The molecule has 1 aromatic carbocycles. The van der Waals surface area contributed by atoms with Crippen molar-refractivity contribution < 1.29 is 186 Å². The number of carbonyl (C=O) groups is 25. The minimum Gasteiger partial charge on any atom is -0.466 e. The Labute approximate surface area is 840 Å². The fraction of sp³-hybridized carbons (Fsp3) is 0.670. The molecule has 0 aliphatic carbocycles. The monoisotopic (exact) mass is 2060 g/mol. The molecule has 12 unspecified atom stereocenters. The first-order valence-electron chi connectivity index (χ1n) is 48.5. The van der Waals surface area contributed by atoms with Crippen LogP contribution in [0, 0.1) is 0 Å². The first kappa shape index (κ1) is 129. The van der Waals surface area contributed by atoms with Crippen LogP contribution in [0.25, 0.3) is 0 Å². The summed E-state index contributed by atoms with van der Waals surface area (Å²) in [5.41, 5.74) is 0.542. The number of ether oxygens (including phenoxy) is 14. The van der Waals surface area contributed by atoms with E-state index in [1.54, 1.807) is 30.3 Å². The molecule has 0 aromatic heterocycles. The zero-order chi connectivity index (χ0) is 109. The number of nitrogens with one attached hydrogen (secondary N) is 12. The standard InChI is InChI=1S/C94H144N12O39/c1-14-132-70(107)44-32-58(96-84(121)60(34-46-72(109)134-16-3)98-86(123)62(36-48-74(111)136-18-5)100-88(125)64(38-50-76(113)138-20-7)102-90(127)66(40-52-78(115)140-22-9)104-92(129)68(42-54-80(117)142-24-11)106-94(131)145-56-57-30-28-27-29-31-57)82(119)95-59(33-45-71(108)133-15-2)83(120)97-61(35-47-73(110)135-17-4)85(122)99-63(37-49-75(112)137-19-6)87(124)101-65(39-51-77(114)139-21-8)89(126)103-67(41-53-79(116)141-23-10)91(128)105-69(93(130)144-26-13)43-55-81(118)143-25-12/h27-31,58-69H,14-26,32-56H2,1-13H3,(H,95,119)(H,96,121)(H,97,120)(H,98,123)(H,99,122)(H,100,125)(H,101,124)(H,102,127)(H,103,126)(H,104,129)(H,105,128)(H,106,131). The maximum atomic E-state index is 15.2. The second kappa shape index (κ2) is 75.5. The van der Waals surface area contributed by atoms with E-state index in [0.717, 1.165) is 0 Å². The van der Waals surface area contributed by atoms with E-state index in [1.165, 1.54) is 90.0 Å². The molecule has 51 heteroatoms. The summed E-state index contributed by atoms with van der Waals surface area (Å²) in [6.07, 6.45) is -16.5. The Hall–Kier alpha value is -14.2. The summed E-state index contributed by atoms with van der Waals surface area (Å²) < 4.78 is 71.5. The Balaban J connectivity index is 4.39. The SMILES string of the molecule is CCOC(=O)CCC(NC(=O)OCc1ccccc1)C(=O)NC(CCC(=O)OCC)C(=O)NC(CCC(=O)OCC)C(=O)NC(CCC(=O)OCC)C(=O)NC(CCC(=O)OCC)C(=O)NC(CCC(=O)OCC)C(=O)NC(CCC(=O)OCC)C(=O)NC(CCC(=O)OCC)C(=O)NC(CCC(=O)OCC)C(=O)NC(CCC(=O)OCC)C(=O)NC(CCC(=O)OCC)C(=O)NC(CCC(=O)OCC)C(=O)OCC. The molecular formula is C94H144N12O39. The van der Waals surface area contributed by atoms with E-state index < -0.39 is 369 Å². The van der Waals surface area contributed by atoms with E-state index in [-0.39, 0.29) is 98.9 Å². The minimum atomic E-state index is -2.06. The predicted molar refractivity (Wildman–Crippen MR) is 502 cm³/mol. The zero-order valence-corrected chi connectivity index (χ0v) is 84.6. The fourth-order valence-electron chi connectivity index (χ4n) is 13.3. The van der Waals surface area contributed by atoms with E-state index >= 15 is 24.0 Å². The molecule has 0 aliphatic heterocycles. The largest absolute Gasteiger partial charge is 0.466 e. The number of esters is 13. The summed E-state index contributed by atoms with van der Waals surface area (Å²) in [4.78, 5) is 347. The third kappa shape index (κ3) is 56.4. The minimum absolute atomic E-state index is 0.0349. The van der Waals surface area contributed by atoms with Gasteiger partial charge in [0.25, 0.3) is 0 Å². The molecule has 0 radical (unpaired) electrons. The number of alkyl carbamates (subject to hydrolysis) is 1. The van der Waals surface area contributed by atoms with Crippen molar-refractivity contribution in [2.45, 2.75) is 323 Å². The van der Waals surface area contributed by atoms with E-state index in [0.29, 0.717) is 5.56 Å². The van der Waals surface area contributed by atoms with Crippen LogP contribution in [0.4, 0.5) is 4.79 Å². The Kier molecular flexibility index (Phi) is 67.1. The van der Waals surface area contributed by atoms with Gasteiger partial charge in [0.2, 0.25) is 65.0 Å². The van der Waals surface area contributed by atoms with Crippen LogP contribution in [0.1, 0.15) is 250 Å².